The lowest BCUT2D eigenvalue weighted by atomic mass is 9.88. The largest absolute Gasteiger partial charge is 0.377 e. The molecule has 0 aromatic carbocycles. The fraction of sp³-hybridized carbons (Fsp3) is 0.933. The molecule has 2 aliphatic rings. The van der Waals surface area contributed by atoms with Gasteiger partial charge in [0.25, 0.3) is 0 Å². The van der Waals surface area contributed by atoms with Crippen LogP contribution in [0, 0.1) is 11.8 Å². The van der Waals surface area contributed by atoms with E-state index >= 15 is 0 Å². The standard InChI is InChI=1S/C15H28N2O2/c1-4-11-10-17(8-6-13(11)16-3)15(18)12-7-9-19-14(12)5-2/h11-14,16H,4-10H2,1-3H3. The van der Waals surface area contributed by atoms with Gasteiger partial charge in [-0.05, 0) is 32.2 Å². The van der Waals surface area contributed by atoms with E-state index in [9.17, 15) is 4.79 Å². The van der Waals surface area contributed by atoms with Crippen LogP contribution in [0.25, 0.3) is 0 Å². The van der Waals surface area contributed by atoms with Gasteiger partial charge in [0, 0.05) is 25.7 Å². The lowest BCUT2D eigenvalue weighted by molar-refractivity contribution is -0.139. The third-order valence-corrected chi connectivity index (χ3v) is 4.87. The van der Waals surface area contributed by atoms with Crippen LogP contribution >= 0.6 is 0 Å². The number of piperidine rings is 1. The zero-order valence-electron chi connectivity index (χ0n) is 12.5. The molecule has 1 amide bonds. The van der Waals surface area contributed by atoms with Gasteiger partial charge in [-0.15, -0.1) is 0 Å². The topological polar surface area (TPSA) is 41.6 Å². The lowest BCUT2D eigenvalue weighted by Crippen LogP contribution is -2.52. The first-order chi connectivity index (χ1) is 9.21. The van der Waals surface area contributed by atoms with Crippen LogP contribution in [0.2, 0.25) is 0 Å². The number of likely N-dealkylation sites (tertiary alicyclic amines) is 1. The van der Waals surface area contributed by atoms with Gasteiger partial charge >= 0.3 is 0 Å². The Bertz CT molecular complexity index is 309. The number of hydrogen-bond donors (Lipinski definition) is 1. The predicted molar refractivity (Wildman–Crippen MR) is 76.0 cm³/mol. The molecule has 0 aromatic heterocycles. The van der Waals surface area contributed by atoms with E-state index in [4.69, 9.17) is 4.74 Å². The van der Waals surface area contributed by atoms with Crippen molar-refractivity contribution in [2.45, 2.75) is 51.7 Å². The van der Waals surface area contributed by atoms with Crippen molar-refractivity contribution in [1.82, 2.24) is 10.2 Å². The number of rotatable bonds is 4. The van der Waals surface area contributed by atoms with E-state index in [1.165, 1.54) is 0 Å². The summed E-state index contributed by atoms with van der Waals surface area (Å²) in [7, 11) is 2.03. The normalized spacial score (nSPS) is 35.6. The molecule has 4 atom stereocenters. The number of ether oxygens (including phenoxy) is 1. The van der Waals surface area contributed by atoms with Crippen LogP contribution < -0.4 is 5.32 Å². The second-order valence-corrected chi connectivity index (χ2v) is 5.85. The van der Waals surface area contributed by atoms with E-state index < -0.39 is 0 Å². The highest BCUT2D eigenvalue weighted by Gasteiger charge is 2.38. The van der Waals surface area contributed by atoms with Crippen LogP contribution in [-0.2, 0) is 9.53 Å². The number of nitrogens with one attached hydrogen (secondary N) is 1. The van der Waals surface area contributed by atoms with Crippen molar-refractivity contribution >= 4 is 5.91 Å². The highest BCUT2D eigenvalue weighted by molar-refractivity contribution is 5.79. The van der Waals surface area contributed by atoms with Crippen molar-refractivity contribution in [2.75, 3.05) is 26.7 Å². The van der Waals surface area contributed by atoms with Crippen LogP contribution in [-0.4, -0.2) is 49.7 Å². The van der Waals surface area contributed by atoms with Crippen LogP contribution in [0.5, 0.6) is 0 Å². The van der Waals surface area contributed by atoms with E-state index in [1.54, 1.807) is 0 Å². The number of hydrogen-bond acceptors (Lipinski definition) is 3. The van der Waals surface area contributed by atoms with Gasteiger partial charge < -0.3 is 15.0 Å². The third kappa shape index (κ3) is 3.11. The summed E-state index contributed by atoms with van der Waals surface area (Å²) in [4.78, 5) is 14.7. The summed E-state index contributed by atoms with van der Waals surface area (Å²) in [5, 5.41) is 3.39. The summed E-state index contributed by atoms with van der Waals surface area (Å²) >= 11 is 0. The molecule has 2 saturated heterocycles. The number of carbonyl (C=O) groups is 1. The van der Waals surface area contributed by atoms with Gasteiger partial charge in [0.1, 0.15) is 0 Å². The highest BCUT2D eigenvalue weighted by atomic mass is 16.5. The molecular formula is C15H28N2O2. The van der Waals surface area contributed by atoms with E-state index in [1.807, 2.05) is 7.05 Å². The molecule has 4 heteroatoms. The Balaban J connectivity index is 1.96. The SMILES string of the molecule is CCC1CN(C(=O)C2CCOC2CC)CCC1NC. The molecule has 2 heterocycles. The molecule has 0 spiro atoms. The minimum atomic E-state index is 0.105. The zero-order valence-corrected chi connectivity index (χ0v) is 12.5. The minimum Gasteiger partial charge on any atom is -0.377 e. The molecule has 0 aliphatic carbocycles. The Labute approximate surface area is 116 Å². The Morgan fingerprint density at radius 2 is 2.11 bits per heavy atom. The molecule has 110 valence electrons. The van der Waals surface area contributed by atoms with Crippen molar-refractivity contribution in [2.24, 2.45) is 11.8 Å². The van der Waals surface area contributed by atoms with Crippen LogP contribution in [0.3, 0.4) is 0 Å². The zero-order chi connectivity index (χ0) is 13.8. The van der Waals surface area contributed by atoms with E-state index in [0.717, 1.165) is 45.4 Å². The molecule has 1 N–H and O–H groups in total. The molecule has 0 aromatic rings. The Kier molecular flexibility index (Phi) is 5.22. The van der Waals surface area contributed by atoms with E-state index in [2.05, 4.69) is 24.1 Å². The van der Waals surface area contributed by atoms with Crippen molar-refractivity contribution in [3.8, 4) is 0 Å². The Morgan fingerprint density at radius 3 is 2.74 bits per heavy atom. The predicted octanol–water partition coefficient (Wildman–Crippen LogP) is 1.65. The van der Waals surface area contributed by atoms with Gasteiger partial charge in [-0.1, -0.05) is 20.3 Å². The van der Waals surface area contributed by atoms with Crippen molar-refractivity contribution in [3.05, 3.63) is 0 Å². The van der Waals surface area contributed by atoms with Gasteiger partial charge in [0.2, 0.25) is 5.91 Å². The number of carbonyl (C=O) groups excluding carboxylic acids is 1. The molecule has 0 bridgehead atoms. The molecule has 2 fully saturated rings. The maximum absolute atomic E-state index is 12.7. The first kappa shape index (κ1) is 14.8. The quantitative estimate of drug-likeness (QED) is 0.843. The molecule has 2 rings (SSSR count). The summed E-state index contributed by atoms with van der Waals surface area (Å²) in [6, 6.07) is 0.566. The second kappa shape index (κ2) is 6.71. The monoisotopic (exact) mass is 268 g/mol. The maximum atomic E-state index is 12.7. The Morgan fingerprint density at radius 1 is 1.32 bits per heavy atom. The van der Waals surface area contributed by atoms with Crippen LogP contribution in [0.15, 0.2) is 0 Å². The van der Waals surface area contributed by atoms with Crippen LogP contribution in [0.1, 0.15) is 39.5 Å². The smallest absolute Gasteiger partial charge is 0.228 e. The fourth-order valence-corrected chi connectivity index (χ4v) is 3.59. The number of amides is 1. The highest BCUT2D eigenvalue weighted by Crippen LogP contribution is 2.28. The third-order valence-electron chi connectivity index (χ3n) is 4.87. The summed E-state index contributed by atoms with van der Waals surface area (Å²) in [6.07, 6.45) is 4.20. The summed E-state index contributed by atoms with van der Waals surface area (Å²) in [5.41, 5.74) is 0. The van der Waals surface area contributed by atoms with Crippen LogP contribution in [0.4, 0.5) is 0 Å². The van der Waals surface area contributed by atoms with Crippen molar-refractivity contribution < 1.29 is 9.53 Å². The summed E-state index contributed by atoms with van der Waals surface area (Å²) in [6.45, 7) is 6.88. The van der Waals surface area contributed by atoms with Gasteiger partial charge in [0.05, 0.1) is 12.0 Å². The lowest BCUT2D eigenvalue weighted by Gasteiger charge is -2.39. The second-order valence-electron chi connectivity index (χ2n) is 5.85. The Hall–Kier alpha value is -0.610. The molecule has 0 saturated carbocycles. The maximum Gasteiger partial charge on any atom is 0.228 e. The minimum absolute atomic E-state index is 0.105. The average molecular weight is 268 g/mol. The molecule has 2 aliphatic heterocycles. The molecule has 4 nitrogen and oxygen atoms in total. The molecule has 0 radical (unpaired) electrons. The van der Waals surface area contributed by atoms with Gasteiger partial charge in [-0.2, -0.15) is 0 Å². The van der Waals surface area contributed by atoms with Gasteiger partial charge in [-0.3, -0.25) is 4.79 Å². The molecule has 19 heavy (non-hydrogen) atoms. The summed E-state index contributed by atoms with van der Waals surface area (Å²) < 4.78 is 5.66. The first-order valence-electron chi connectivity index (χ1n) is 7.78. The first-order valence-corrected chi connectivity index (χ1v) is 7.78. The molecular weight excluding hydrogens is 240 g/mol. The van der Waals surface area contributed by atoms with Gasteiger partial charge in [0.15, 0.2) is 0 Å². The van der Waals surface area contributed by atoms with E-state index in [0.29, 0.717) is 17.9 Å². The number of nitrogens with zero attached hydrogens (tertiary/aromatic N) is 1. The van der Waals surface area contributed by atoms with Gasteiger partial charge in [-0.25, -0.2) is 0 Å². The van der Waals surface area contributed by atoms with E-state index in [-0.39, 0.29) is 12.0 Å². The molecule has 4 unspecified atom stereocenters. The fourth-order valence-electron chi connectivity index (χ4n) is 3.59. The summed E-state index contributed by atoms with van der Waals surface area (Å²) in [5.74, 6) is 1.02. The van der Waals surface area contributed by atoms with Crippen molar-refractivity contribution in [1.29, 1.82) is 0 Å². The average Bonchev–Trinajstić information content (AvgIpc) is 2.94. The van der Waals surface area contributed by atoms with Crippen molar-refractivity contribution in [3.63, 3.8) is 0 Å².